The molecule has 8 nitrogen and oxygen atoms in total. The van der Waals surface area contributed by atoms with Gasteiger partial charge in [-0.2, -0.15) is 0 Å². The van der Waals surface area contributed by atoms with Crippen molar-refractivity contribution in [3.05, 3.63) is 16.5 Å². The first-order valence-corrected chi connectivity index (χ1v) is 12.4. The summed E-state index contributed by atoms with van der Waals surface area (Å²) >= 11 is 1.41. The van der Waals surface area contributed by atoms with Gasteiger partial charge >= 0.3 is 5.97 Å². The highest BCUT2D eigenvalue weighted by Crippen LogP contribution is 2.29. The average molecular weight is 468 g/mol. The van der Waals surface area contributed by atoms with Crippen molar-refractivity contribution in [2.24, 2.45) is 5.92 Å². The van der Waals surface area contributed by atoms with Gasteiger partial charge in [-0.25, -0.2) is 4.79 Å². The number of thiophene rings is 1. The zero-order valence-electron chi connectivity index (χ0n) is 19.7. The predicted octanol–water partition coefficient (Wildman–Crippen LogP) is 3.07. The van der Waals surface area contributed by atoms with E-state index in [9.17, 15) is 14.4 Å². The number of ether oxygens (including phenoxy) is 2. The molecule has 0 aliphatic carbocycles. The first-order chi connectivity index (χ1) is 15.3. The third kappa shape index (κ3) is 8.52. The summed E-state index contributed by atoms with van der Waals surface area (Å²) in [6.07, 6.45) is 3.26. The molecule has 2 N–H and O–H groups in total. The van der Waals surface area contributed by atoms with Crippen LogP contribution in [0.5, 0.6) is 0 Å². The first kappa shape index (κ1) is 26.3. The molecular formula is C23H37N3O5S. The summed E-state index contributed by atoms with van der Waals surface area (Å²) in [5.74, 6) is -0.502. The maximum Gasteiger partial charge on any atom is 0.341 e. The molecule has 0 saturated carbocycles. The number of hydrogen-bond donors (Lipinski definition) is 2. The van der Waals surface area contributed by atoms with E-state index in [1.807, 2.05) is 25.7 Å². The lowest BCUT2D eigenvalue weighted by molar-refractivity contribution is -0.126. The zero-order chi connectivity index (χ0) is 23.5. The van der Waals surface area contributed by atoms with Gasteiger partial charge in [-0.15, -0.1) is 11.3 Å². The van der Waals surface area contributed by atoms with Crippen molar-refractivity contribution in [3.63, 3.8) is 0 Å². The van der Waals surface area contributed by atoms with Crippen molar-refractivity contribution in [2.75, 3.05) is 44.7 Å². The molecule has 1 aliphatic heterocycles. The molecule has 0 unspecified atom stereocenters. The molecule has 1 fully saturated rings. The van der Waals surface area contributed by atoms with Crippen LogP contribution in [0, 0.1) is 5.92 Å². The second-order valence-electron chi connectivity index (χ2n) is 8.19. The van der Waals surface area contributed by atoms with E-state index >= 15 is 0 Å². The van der Waals surface area contributed by atoms with Gasteiger partial charge in [-0.3, -0.25) is 14.5 Å². The highest BCUT2D eigenvalue weighted by molar-refractivity contribution is 7.16. The van der Waals surface area contributed by atoms with E-state index in [1.165, 1.54) is 11.3 Å². The highest BCUT2D eigenvalue weighted by atomic mass is 32.1. The number of carbonyl (C=O) groups is 3. The van der Waals surface area contributed by atoms with Crippen molar-refractivity contribution in [3.8, 4) is 0 Å². The lowest BCUT2D eigenvalue weighted by Crippen LogP contribution is -2.43. The van der Waals surface area contributed by atoms with Crippen LogP contribution < -0.4 is 10.6 Å². The van der Waals surface area contributed by atoms with Gasteiger partial charge in [0.05, 0.1) is 24.8 Å². The number of aryl methyl sites for hydroxylation is 1. The maximum absolute atomic E-state index is 12.6. The Hall–Kier alpha value is -1.97. The molecule has 0 bridgehead atoms. The summed E-state index contributed by atoms with van der Waals surface area (Å²) in [6, 6.07) is 1.79. The normalized spacial score (nSPS) is 15.0. The van der Waals surface area contributed by atoms with Crippen molar-refractivity contribution in [1.82, 2.24) is 10.2 Å². The molecule has 1 aromatic rings. The number of piperidine rings is 1. The Bertz CT molecular complexity index is 757. The first-order valence-electron chi connectivity index (χ1n) is 11.5. The number of nitrogens with zero attached hydrogens (tertiary/aromatic N) is 1. The summed E-state index contributed by atoms with van der Waals surface area (Å²) < 4.78 is 10.6. The lowest BCUT2D eigenvalue weighted by Gasteiger charge is -2.30. The smallest absolute Gasteiger partial charge is 0.341 e. The number of esters is 1. The molecule has 2 heterocycles. The molecule has 1 aromatic heterocycles. The average Bonchev–Trinajstić information content (AvgIpc) is 3.16. The van der Waals surface area contributed by atoms with Gasteiger partial charge in [0.1, 0.15) is 5.00 Å². The highest BCUT2D eigenvalue weighted by Gasteiger charge is 2.26. The number of hydrogen-bond acceptors (Lipinski definition) is 7. The van der Waals surface area contributed by atoms with Crippen LogP contribution in [0.3, 0.4) is 0 Å². The Morgan fingerprint density at radius 1 is 1.22 bits per heavy atom. The number of likely N-dealkylation sites (tertiary alicyclic amines) is 1. The molecule has 9 heteroatoms. The van der Waals surface area contributed by atoms with Crippen LogP contribution in [0.15, 0.2) is 6.07 Å². The molecule has 2 amide bonds. The van der Waals surface area contributed by atoms with Crippen LogP contribution in [0.25, 0.3) is 0 Å². The summed E-state index contributed by atoms with van der Waals surface area (Å²) in [5, 5.41) is 6.41. The third-order valence-electron chi connectivity index (χ3n) is 5.28. The van der Waals surface area contributed by atoms with Crippen LogP contribution >= 0.6 is 11.3 Å². The van der Waals surface area contributed by atoms with E-state index in [4.69, 9.17) is 9.47 Å². The van der Waals surface area contributed by atoms with Crippen LogP contribution in [0.1, 0.15) is 62.2 Å². The second kappa shape index (κ2) is 13.5. The van der Waals surface area contributed by atoms with Crippen LogP contribution in [-0.2, 0) is 25.5 Å². The van der Waals surface area contributed by atoms with E-state index in [2.05, 4.69) is 10.6 Å². The molecule has 180 valence electrons. The Morgan fingerprint density at radius 3 is 2.56 bits per heavy atom. The lowest BCUT2D eigenvalue weighted by atomic mass is 9.96. The van der Waals surface area contributed by atoms with Gasteiger partial charge in [-0.1, -0.05) is 6.92 Å². The maximum atomic E-state index is 12.6. The summed E-state index contributed by atoms with van der Waals surface area (Å²) in [6.45, 7) is 10.9. The quantitative estimate of drug-likeness (QED) is 0.362. The molecule has 1 saturated heterocycles. The van der Waals surface area contributed by atoms with E-state index in [0.29, 0.717) is 36.8 Å². The number of amides is 2. The number of rotatable bonds is 12. The van der Waals surface area contributed by atoms with Crippen molar-refractivity contribution < 1.29 is 23.9 Å². The molecule has 0 spiro atoms. The number of nitrogens with one attached hydrogen (secondary N) is 2. The fourth-order valence-electron chi connectivity index (χ4n) is 3.54. The Balaban J connectivity index is 1.75. The number of carbonyl (C=O) groups excluding carboxylic acids is 3. The molecular weight excluding hydrogens is 430 g/mol. The minimum atomic E-state index is -0.415. The van der Waals surface area contributed by atoms with Gasteiger partial charge in [0.25, 0.3) is 0 Å². The molecule has 0 radical (unpaired) electrons. The largest absolute Gasteiger partial charge is 0.462 e. The van der Waals surface area contributed by atoms with Crippen molar-refractivity contribution in [1.29, 1.82) is 0 Å². The minimum absolute atomic E-state index is 0.0137. The Kier molecular flexibility index (Phi) is 11.1. The number of anilines is 1. The van der Waals surface area contributed by atoms with E-state index < -0.39 is 5.97 Å². The Morgan fingerprint density at radius 2 is 1.94 bits per heavy atom. The molecule has 0 atom stereocenters. The van der Waals surface area contributed by atoms with Gasteiger partial charge in [0, 0.05) is 23.9 Å². The molecule has 0 aromatic carbocycles. The van der Waals surface area contributed by atoms with Crippen LogP contribution in [0.4, 0.5) is 5.00 Å². The van der Waals surface area contributed by atoms with Gasteiger partial charge in [0.15, 0.2) is 0 Å². The van der Waals surface area contributed by atoms with E-state index in [1.54, 1.807) is 13.0 Å². The van der Waals surface area contributed by atoms with Gasteiger partial charge < -0.3 is 20.1 Å². The van der Waals surface area contributed by atoms with Crippen molar-refractivity contribution >= 4 is 34.1 Å². The van der Waals surface area contributed by atoms with Crippen LogP contribution in [0.2, 0.25) is 0 Å². The topological polar surface area (TPSA) is 97.0 Å². The summed E-state index contributed by atoms with van der Waals surface area (Å²) in [4.78, 5) is 40.2. The fourth-order valence-corrected chi connectivity index (χ4v) is 4.54. The summed E-state index contributed by atoms with van der Waals surface area (Å²) in [5.41, 5.74) is 0.413. The SMILES string of the molecule is CCOC(=O)c1cc(CC)sc1NC(=O)CN1CCC(C(=O)NCCCOC(C)C)CC1. The van der Waals surface area contributed by atoms with Gasteiger partial charge in [0.2, 0.25) is 11.8 Å². The predicted molar refractivity (Wildman–Crippen MR) is 126 cm³/mol. The Labute approximate surface area is 195 Å². The second-order valence-corrected chi connectivity index (χ2v) is 9.33. The van der Waals surface area contributed by atoms with Crippen molar-refractivity contribution in [2.45, 2.75) is 59.5 Å². The standard InChI is InChI=1S/C23H37N3O5S/c1-5-18-14-19(23(29)30-6-2)22(32-18)25-20(27)15-26-11-8-17(9-12-26)21(28)24-10-7-13-31-16(3)4/h14,16-17H,5-13,15H2,1-4H3,(H,24,28)(H,25,27). The van der Waals surface area contributed by atoms with Gasteiger partial charge in [-0.05, 0) is 65.6 Å². The van der Waals surface area contributed by atoms with Crippen LogP contribution in [-0.4, -0.2) is 68.2 Å². The molecule has 2 rings (SSSR count). The summed E-state index contributed by atoms with van der Waals surface area (Å²) in [7, 11) is 0. The molecule has 32 heavy (non-hydrogen) atoms. The minimum Gasteiger partial charge on any atom is -0.462 e. The third-order valence-corrected chi connectivity index (χ3v) is 6.47. The monoisotopic (exact) mass is 467 g/mol. The molecule has 1 aliphatic rings. The fraction of sp³-hybridized carbons (Fsp3) is 0.696. The zero-order valence-corrected chi connectivity index (χ0v) is 20.5. The van der Waals surface area contributed by atoms with E-state index in [0.717, 1.165) is 30.6 Å². The van der Waals surface area contributed by atoms with E-state index in [-0.39, 0.29) is 37.0 Å².